The Bertz CT molecular complexity index is 681. The summed E-state index contributed by atoms with van der Waals surface area (Å²) in [6.45, 7) is 7.59. The Hall–Kier alpha value is -1.78. The molecule has 0 N–H and O–H groups in total. The number of nitrogens with zero attached hydrogens (tertiary/aromatic N) is 3. The van der Waals surface area contributed by atoms with Crippen LogP contribution < -0.4 is 0 Å². The van der Waals surface area contributed by atoms with Crippen molar-refractivity contribution in [2.24, 2.45) is 0 Å². The van der Waals surface area contributed by atoms with Gasteiger partial charge in [-0.05, 0) is 30.3 Å². The van der Waals surface area contributed by atoms with Gasteiger partial charge < -0.3 is 0 Å². The molecule has 0 bridgehead atoms. The first-order valence-corrected chi connectivity index (χ1v) is 8.05. The highest BCUT2D eigenvalue weighted by Gasteiger charge is 2.06. The molecule has 0 atom stereocenters. The van der Waals surface area contributed by atoms with Gasteiger partial charge in [-0.2, -0.15) is 0 Å². The van der Waals surface area contributed by atoms with E-state index in [4.69, 9.17) is 0 Å². The van der Waals surface area contributed by atoms with Crippen LogP contribution in [0.3, 0.4) is 0 Å². The third kappa shape index (κ3) is 3.12. The quantitative estimate of drug-likeness (QED) is 0.712. The standard InChI is InChI=1S/C17H18N3S/c1-3-20(4-2)11-13-5-7-14(8-6-13)16-9-15-17(21-16)10-18-12-19-15/h5-9,12H,3-4,11H2,1-2H3. The maximum absolute atomic E-state index is 4.27. The molecule has 3 aromatic rings. The Labute approximate surface area is 129 Å². The predicted octanol–water partition coefficient (Wildman–Crippen LogP) is 4.00. The molecule has 0 aliphatic heterocycles. The molecule has 4 heteroatoms. The summed E-state index contributed by atoms with van der Waals surface area (Å²) in [6, 6.07) is 10.9. The van der Waals surface area contributed by atoms with Gasteiger partial charge in [-0.1, -0.05) is 38.1 Å². The minimum atomic E-state index is 0.970. The van der Waals surface area contributed by atoms with E-state index in [2.05, 4.69) is 65.2 Å². The van der Waals surface area contributed by atoms with E-state index < -0.39 is 0 Å². The van der Waals surface area contributed by atoms with Crippen molar-refractivity contribution in [3.8, 4) is 10.4 Å². The van der Waals surface area contributed by atoms with Crippen LogP contribution in [0.5, 0.6) is 0 Å². The number of aromatic nitrogens is 2. The SMILES string of the molecule is CCN(CC)Cc1ccc(-c2cc3ncn[c]c3s2)cc1. The smallest absolute Gasteiger partial charge is 0.116 e. The third-order valence-corrected chi connectivity index (χ3v) is 4.75. The molecule has 0 spiro atoms. The minimum Gasteiger partial charge on any atom is -0.300 e. The molecule has 0 saturated carbocycles. The highest BCUT2D eigenvalue weighted by Crippen LogP contribution is 2.31. The van der Waals surface area contributed by atoms with Crippen LogP contribution in [0.1, 0.15) is 19.4 Å². The van der Waals surface area contributed by atoms with E-state index in [0.29, 0.717) is 0 Å². The number of fused-ring (bicyclic) bond motifs is 1. The van der Waals surface area contributed by atoms with Crippen molar-refractivity contribution < 1.29 is 0 Å². The van der Waals surface area contributed by atoms with Crippen molar-refractivity contribution in [1.29, 1.82) is 0 Å². The molecule has 2 aromatic heterocycles. The fourth-order valence-corrected chi connectivity index (χ4v) is 3.32. The number of rotatable bonds is 5. The van der Waals surface area contributed by atoms with E-state index in [-0.39, 0.29) is 0 Å². The van der Waals surface area contributed by atoms with E-state index in [1.165, 1.54) is 16.0 Å². The van der Waals surface area contributed by atoms with Crippen molar-refractivity contribution in [2.45, 2.75) is 20.4 Å². The van der Waals surface area contributed by atoms with Gasteiger partial charge in [0.05, 0.1) is 10.2 Å². The molecule has 0 amide bonds. The summed E-state index contributed by atoms with van der Waals surface area (Å²) in [4.78, 5) is 11.9. The van der Waals surface area contributed by atoms with Gasteiger partial charge in [-0.15, -0.1) is 11.3 Å². The first-order valence-electron chi connectivity index (χ1n) is 7.24. The number of hydrogen-bond donors (Lipinski definition) is 0. The molecule has 0 unspecified atom stereocenters. The average Bonchev–Trinajstić information content (AvgIpc) is 2.97. The Kier molecular flexibility index (Phi) is 4.27. The molecule has 0 fully saturated rings. The summed E-state index contributed by atoms with van der Waals surface area (Å²) in [7, 11) is 0. The topological polar surface area (TPSA) is 29.0 Å². The monoisotopic (exact) mass is 296 g/mol. The number of benzene rings is 1. The Balaban J connectivity index is 1.83. The fourth-order valence-electron chi connectivity index (χ4n) is 2.36. The molecule has 0 aliphatic rings. The molecule has 0 aliphatic carbocycles. The van der Waals surface area contributed by atoms with E-state index in [1.807, 2.05) is 0 Å². The second-order valence-corrected chi connectivity index (χ2v) is 6.02. The molecule has 1 aromatic carbocycles. The van der Waals surface area contributed by atoms with Crippen LogP contribution in [0.2, 0.25) is 0 Å². The van der Waals surface area contributed by atoms with Gasteiger partial charge >= 0.3 is 0 Å². The maximum Gasteiger partial charge on any atom is 0.116 e. The van der Waals surface area contributed by atoms with Crippen molar-refractivity contribution in [2.75, 3.05) is 13.1 Å². The van der Waals surface area contributed by atoms with Crippen LogP contribution in [-0.2, 0) is 6.54 Å². The van der Waals surface area contributed by atoms with Crippen molar-refractivity contribution in [3.05, 3.63) is 48.4 Å². The molecule has 3 nitrogen and oxygen atoms in total. The summed E-state index contributed by atoms with van der Waals surface area (Å²) in [5, 5.41) is 0. The van der Waals surface area contributed by atoms with Crippen molar-refractivity contribution in [1.82, 2.24) is 14.9 Å². The molecule has 0 saturated heterocycles. The first-order chi connectivity index (χ1) is 10.3. The normalized spacial score (nSPS) is 11.4. The molecular weight excluding hydrogens is 278 g/mol. The molecular formula is C17H18N3S. The Morgan fingerprint density at radius 1 is 1.14 bits per heavy atom. The van der Waals surface area contributed by atoms with Gasteiger partial charge in [0.2, 0.25) is 0 Å². The second-order valence-electron chi connectivity index (χ2n) is 4.97. The molecule has 107 valence electrons. The largest absolute Gasteiger partial charge is 0.300 e. The second kappa shape index (κ2) is 6.33. The number of thiophene rings is 1. The molecule has 2 heterocycles. The van der Waals surface area contributed by atoms with Crippen molar-refractivity contribution >= 4 is 21.6 Å². The maximum atomic E-state index is 4.27. The average molecular weight is 296 g/mol. The van der Waals surface area contributed by atoms with Crippen LogP contribution in [0.25, 0.3) is 20.7 Å². The van der Waals surface area contributed by atoms with Gasteiger partial charge in [0.25, 0.3) is 0 Å². The van der Waals surface area contributed by atoms with E-state index >= 15 is 0 Å². The Morgan fingerprint density at radius 3 is 2.57 bits per heavy atom. The Morgan fingerprint density at radius 2 is 1.90 bits per heavy atom. The molecule has 1 radical (unpaired) electrons. The minimum absolute atomic E-state index is 0.970. The van der Waals surface area contributed by atoms with Gasteiger partial charge in [-0.3, -0.25) is 4.90 Å². The lowest BCUT2D eigenvalue weighted by Gasteiger charge is -2.17. The highest BCUT2D eigenvalue weighted by atomic mass is 32.1. The van der Waals surface area contributed by atoms with Crippen LogP contribution in [0, 0.1) is 6.20 Å². The number of hydrogen-bond acceptors (Lipinski definition) is 4. The van der Waals surface area contributed by atoms with Gasteiger partial charge in [-0.25, -0.2) is 9.97 Å². The zero-order valence-corrected chi connectivity index (χ0v) is 13.2. The van der Waals surface area contributed by atoms with Gasteiger partial charge in [0.15, 0.2) is 0 Å². The highest BCUT2D eigenvalue weighted by molar-refractivity contribution is 7.22. The summed E-state index contributed by atoms with van der Waals surface area (Å²) >= 11 is 1.69. The fraction of sp³-hybridized carbons (Fsp3) is 0.294. The van der Waals surface area contributed by atoms with E-state index in [1.54, 1.807) is 17.7 Å². The summed E-state index contributed by atoms with van der Waals surface area (Å²) < 4.78 is 1.01. The van der Waals surface area contributed by atoms with E-state index in [9.17, 15) is 0 Å². The summed E-state index contributed by atoms with van der Waals surface area (Å²) in [6.07, 6.45) is 4.54. The first kappa shape index (κ1) is 14.2. The van der Waals surface area contributed by atoms with Crippen LogP contribution in [0.15, 0.2) is 36.7 Å². The lowest BCUT2D eigenvalue weighted by molar-refractivity contribution is 0.296. The zero-order valence-electron chi connectivity index (χ0n) is 12.3. The zero-order chi connectivity index (χ0) is 14.7. The van der Waals surface area contributed by atoms with Crippen LogP contribution in [-0.4, -0.2) is 28.0 Å². The third-order valence-electron chi connectivity index (χ3n) is 3.67. The predicted molar refractivity (Wildman–Crippen MR) is 88.3 cm³/mol. The van der Waals surface area contributed by atoms with E-state index in [0.717, 1.165) is 29.9 Å². The molecule has 21 heavy (non-hydrogen) atoms. The van der Waals surface area contributed by atoms with Gasteiger partial charge in [0, 0.05) is 11.4 Å². The lowest BCUT2D eigenvalue weighted by atomic mass is 10.1. The summed E-state index contributed by atoms with van der Waals surface area (Å²) in [5.74, 6) is 0. The molecule has 3 rings (SSSR count). The summed E-state index contributed by atoms with van der Waals surface area (Å²) in [5.41, 5.74) is 3.56. The van der Waals surface area contributed by atoms with Gasteiger partial charge in [0.1, 0.15) is 12.5 Å². The lowest BCUT2D eigenvalue weighted by Crippen LogP contribution is -2.21. The van der Waals surface area contributed by atoms with Crippen LogP contribution >= 0.6 is 11.3 Å². The van der Waals surface area contributed by atoms with Crippen molar-refractivity contribution in [3.63, 3.8) is 0 Å². The van der Waals surface area contributed by atoms with Crippen LogP contribution in [0.4, 0.5) is 0 Å².